The molecule has 196 valence electrons. The normalized spacial score (nSPS) is 20.7. The van der Waals surface area contributed by atoms with Gasteiger partial charge >= 0.3 is 12.1 Å². The lowest BCUT2D eigenvalue weighted by Crippen LogP contribution is -2.52. The van der Waals surface area contributed by atoms with Crippen molar-refractivity contribution in [2.45, 2.75) is 58.0 Å². The predicted octanol–water partition coefficient (Wildman–Crippen LogP) is 6.36. The lowest BCUT2D eigenvalue weighted by Gasteiger charge is -2.42. The van der Waals surface area contributed by atoms with Crippen LogP contribution in [0.15, 0.2) is 54.6 Å². The molecule has 0 saturated carbocycles. The van der Waals surface area contributed by atoms with E-state index >= 15 is 0 Å². The second-order valence-corrected chi connectivity index (χ2v) is 17.6. The van der Waals surface area contributed by atoms with Crippen LogP contribution in [0.2, 0.25) is 25.7 Å². The maximum atomic E-state index is 12.9. The van der Waals surface area contributed by atoms with Crippen LogP contribution in [0.3, 0.4) is 0 Å². The molecular formula is C29H41NO5Si. The maximum absolute atomic E-state index is 12.9. The van der Waals surface area contributed by atoms with Crippen molar-refractivity contribution in [3.63, 3.8) is 0 Å². The Morgan fingerprint density at radius 2 is 1.67 bits per heavy atom. The third-order valence-electron chi connectivity index (χ3n) is 6.49. The van der Waals surface area contributed by atoms with Gasteiger partial charge in [-0.2, -0.15) is 0 Å². The molecule has 36 heavy (non-hydrogen) atoms. The number of rotatable bonds is 8. The summed E-state index contributed by atoms with van der Waals surface area (Å²) < 4.78 is 11.7. The van der Waals surface area contributed by atoms with Crippen molar-refractivity contribution < 1.29 is 24.2 Å². The average Bonchev–Trinajstić information content (AvgIpc) is 2.80. The third kappa shape index (κ3) is 7.93. The van der Waals surface area contributed by atoms with Crippen LogP contribution in [0.5, 0.6) is 0 Å². The highest BCUT2D eigenvalue weighted by atomic mass is 28.3. The molecule has 3 atom stereocenters. The molecule has 1 heterocycles. The molecule has 2 aromatic carbocycles. The Balaban J connectivity index is 1.92. The minimum atomic E-state index is -1.26. The number of likely N-dealkylation sites (tertiary alicyclic amines) is 1. The summed E-state index contributed by atoms with van der Waals surface area (Å²) in [4.78, 5) is 27.0. The van der Waals surface area contributed by atoms with Crippen molar-refractivity contribution in [2.24, 2.45) is 11.8 Å². The number of carbonyl (C=O) groups excluding carboxylic acids is 1. The Hall–Kier alpha value is -2.64. The fourth-order valence-electron chi connectivity index (χ4n) is 4.69. The zero-order valence-electron chi connectivity index (χ0n) is 22.5. The first-order valence-corrected chi connectivity index (χ1v) is 16.5. The van der Waals surface area contributed by atoms with Gasteiger partial charge in [0.15, 0.2) is 0 Å². The SMILES string of the molecule is CC(C)(C)OC(=O)N1CC(COCC[Si](C)(C)C)[C@H](c2cccc(-c3ccccc3)c2)[C@@H](C(=O)O)C1. The number of carbonyl (C=O) groups is 2. The van der Waals surface area contributed by atoms with E-state index in [0.717, 1.165) is 22.7 Å². The summed E-state index contributed by atoms with van der Waals surface area (Å²) in [6.45, 7) is 13.9. The second kappa shape index (κ2) is 11.6. The van der Waals surface area contributed by atoms with Crippen LogP contribution < -0.4 is 0 Å². The Kier molecular flexibility index (Phi) is 9.01. The molecule has 1 amide bonds. The molecule has 1 unspecified atom stereocenters. The van der Waals surface area contributed by atoms with Crippen LogP contribution in [-0.2, 0) is 14.3 Å². The van der Waals surface area contributed by atoms with E-state index in [-0.39, 0.29) is 18.4 Å². The van der Waals surface area contributed by atoms with Crippen LogP contribution in [0.1, 0.15) is 32.3 Å². The van der Waals surface area contributed by atoms with Crippen molar-refractivity contribution in [3.05, 3.63) is 60.2 Å². The fourth-order valence-corrected chi connectivity index (χ4v) is 5.44. The first-order chi connectivity index (χ1) is 16.8. The van der Waals surface area contributed by atoms with Gasteiger partial charge in [0, 0.05) is 39.6 Å². The highest BCUT2D eigenvalue weighted by molar-refractivity contribution is 6.76. The average molecular weight is 512 g/mol. The van der Waals surface area contributed by atoms with E-state index in [1.165, 1.54) is 0 Å². The van der Waals surface area contributed by atoms with Gasteiger partial charge in [0.2, 0.25) is 0 Å². The van der Waals surface area contributed by atoms with Gasteiger partial charge in [-0.3, -0.25) is 4.79 Å². The van der Waals surface area contributed by atoms with Crippen LogP contribution in [0.4, 0.5) is 4.79 Å². The monoisotopic (exact) mass is 511 g/mol. The summed E-state index contributed by atoms with van der Waals surface area (Å²) in [6, 6.07) is 19.2. The molecule has 0 radical (unpaired) electrons. The molecule has 3 rings (SSSR count). The molecule has 2 aromatic rings. The van der Waals surface area contributed by atoms with E-state index in [1.54, 1.807) is 4.90 Å². The molecule has 0 bridgehead atoms. The zero-order valence-corrected chi connectivity index (χ0v) is 23.5. The van der Waals surface area contributed by atoms with Gasteiger partial charge in [-0.25, -0.2) is 4.79 Å². The van der Waals surface area contributed by atoms with Gasteiger partial charge in [0.25, 0.3) is 0 Å². The number of nitrogens with zero attached hydrogens (tertiary/aromatic N) is 1. The number of ether oxygens (including phenoxy) is 2. The Morgan fingerprint density at radius 3 is 2.28 bits per heavy atom. The maximum Gasteiger partial charge on any atom is 0.410 e. The van der Waals surface area contributed by atoms with Crippen molar-refractivity contribution >= 4 is 20.1 Å². The molecule has 0 aliphatic carbocycles. The first-order valence-electron chi connectivity index (χ1n) is 12.8. The summed E-state index contributed by atoms with van der Waals surface area (Å²) in [6.07, 6.45) is -0.475. The topological polar surface area (TPSA) is 76.1 Å². The summed E-state index contributed by atoms with van der Waals surface area (Å²) in [5, 5.41) is 10.3. The summed E-state index contributed by atoms with van der Waals surface area (Å²) >= 11 is 0. The molecule has 1 fully saturated rings. The summed E-state index contributed by atoms with van der Waals surface area (Å²) in [7, 11) is -1.26. The number of benzene rings is 2. The lowest BCUT2D eigenvalue weighted by atomic mass is 9.73. The highest BCUT2D eigenvalue weighted by Gasteiger charge is 2.44. The third-order valence-corrected chi connectivity index (χ3v) is 8.19. The second-order valence-electron chi connectivity index (χ2n) is 12.0. The Morgan fingerprint density at radius 1 is 1.00 bits per heavy atom. The number of aliphatic carboxylic acids is 1. The van der Waals surface area contributed by atoms with Crippen LogP contribution in [-0.4, -0.2) is 62.0 Å². The minimum absolute atomic E-state index is 0.107. The van der Waals surface area contributed by atoms with Gasteiger partial charge in [-0.15, -0.1) is 0 Å². The number of piperidine rings is 1. The van der Waals surface area contributed by atoms with E-state index in [9.17, 15) is 14.7 Å². The van der Waals surface area contributed by atoms with Crippen LogP contribution >= 0.6 is 0 Å². The van der Waals surface area contributed by atoms with Gasteiger partial charge in [-0.1, -0.05) is 74.2 Å². The van der Waals surface area contributed by atoms with E-state index < -0.39 is 31.7 Å². The number of hydrogen-bond acceptors (Lipinski definition) is 4. The van der Waals surface area contributed by atoms with E-state index in [4.69, 9.17) is 9.47 Å². The lowest BCUT2D eigenvalue weighted by molar-refractivity contribution is -0.145. The van der Waals surface area contributed by atoms with Crippen LogP contribution in [0, 0.1) is 11.8 Å². The molecule has 1 aliphatic rings. The Bertz CT molecular complexity index is 1030. The molecule has 1 aliphatic heterocycles. The summed E-state index contributed by atoms with van der Waals surface area (Å²) in [5.41, 5.74) is 2.44. The van der Waals surface area contributed by atoms with Crippen molar-refractivity contribution in [3.8, 4) is 11.1 Å². The molecule has 6 nitrogen and oxygen atoms in total. The van der Waals surface area contributed by atoms with Crippen molar-refractivity contribution in [2.75, 3.05) is 26.3 Å². The molecule has 1 N–H and O–H groups in total. The zero-order chi connectivity index (χ0) is 26.5. The Labute approximate surface area is 216 Å². The van der Waals surface area contributed by atoms with Crippen LogP contribution in [0.25, 0.3) is 11.1 Å². The molecule has 1 saturated heterocycles. The van der Waals surface area contributed by atoms with Gasteiger partial charge < -0.3 is 19.5 Å². The van der Waals surface area contributed by atoms with Gasteiger partial charge in [-0.05, 0) is 43.5 Å². The minimum Gasteiger partial charge on any atom is -0.481 e. The molecule has 0 spiro atoms. The first kappa shape index (κ1) is 27.9. The number of carboxylic acids is 1. The van der Waals surface area contributed by atoms with Gasteiger partial charge in [0.1, 0.15) is 5.60 Å². The number of carboxylic acid groups (broad SMARTS) is 1. The molecule has 7 heteroatoms. The quantitative estimate of drug-likeness (QED) is 0.330. The van der Waals surface area contributed by atoms with E-state index in [1.807, 2.05) is 57.2 Å². The number of hydrogen-bond donors (Lipinski definition) is 1. The van der Waals surface area contributed by atoms with Crippen molar-refractivity contribution in [1.82, 2.24) is 4.90 Å². The van der Waals surface area contributed by atoms with E-state index in [0.29, 0.717) is 19.8 Å². The summed E-state index contributed by atoms with van der Waals surface area (Å²) in [5.74, 6) is -2.12. The number of amides is 1. The standard InChI is InChI=1S/C29H41NO5Si/c1-29(2,3)35-28(33)30-18-24(20-34-15-16-36(4,5)6)26(25(19-30)27(31)32)23-14-10-13-22(17-23)21-11-8-7-9-12-21/h7-14,17,24-26H,15-16,18-20H2,1-6H3,(H,31,32)/t24?,25-,26-/m0/s1. The molecular weight excluding hydrogens is 470 g/mol. The van der Waals surface area contributed by atoms with E-state index in [2.05, 4.69) is 37.8 Å². The largest absolute Gasteiger partial charge is 0.481 e. The van der Waals surface area contributed by atoms with Gasteiger partial charge in [0.05, 0.1) is 12.5 Å². The fraction of sp³-hybridized carbons (Fsp3) is 0.517. The highest BCUT2D eigenvalue weighted by Crippen LogP contribution is 2.39. The smallest absolute Gasteiger partial charge is 0.410 e. The predicted molar refractivity (Wildman–Crippen MR) is 146 cm³/mol. The molecule has 0 aromatic heterocycles. The van der Waals surface area contributed by atoms with Crippen molar-refractivity contribution in [1.29, 1.82) is 0 Å².